The van der Waals surface area contributed by atoms with Crippen molar-refractivity contribution in [1.29, 1.82) is 5.26 Å². The molecule has 0 aromatic carbocycles. The Kier molecular flexibility index (Phi) is 1.66. The SMILES string of the molecule is CC1=C[NH+]([B-]C#N)C=N1. The predicted molar refractivity (Wildman–Crippen MR) is 34.6 cm³/mol. The van der Waals surface area contributed by atoms with Gasteiger partial charge in [0.05, 0.1) is 11.9 Å². The molecule has 0 amide bonds. The summed E-state index contributed by atoms with van der Waals surface area (Å²) < 4.78 is 0. The van der Waals surface area contributed by atoms with Gasteiger partial charge in [-0.2, -0.15) is 0 Å². The number of nitrogens with one attached hydrogen (secondary N) is 1. The summed E-state index contributed by atoms with van der Waals surface area (Å²) in [5, 5.41) is 8.20. The molecule has 2 radical (unpaired) electrons. The maximum absolute atomic E-state index is 8.20. The maximum atomic E-state index is 8.20. The summed E-state index contributed by atoms with van der Waals surface area (Å²) in [7, 11) is 1.47. The first-order valence-electron chi connectivity index (χ1n) is 2.65. The van der Waals surface area contributed by atoms with Crippen LogP contribution < -0.4 is 4.81 Å². The first kappa shape index (κ1) is 6.05. The van der Waals surface area contributed by atoms with Crippen molar-refractivity contribution >= 4 is 13.8 Å². The first-order chi connectivity index (χ1) is 4.33. The van der Waals surface area contributed by atoms with Gasteiger partial charge in [-0.15, -0.1) is 5.97 Å². The third-order valence-electron chi connectivity index (χ3n) is 1.02. The highest BCUT2D eigenvalue weighted by atomic mass is 15.1. The van der Waals surface area contributed by atoms with Gasteiger partial charge in [0.25, 0.3) is 0 Å². The number of rotatable bonds is 1. The molecule has 0 spiro atoms. The van der Waals surface area contributed by atoms with Crippen molar-refractivity contribution in [3.63, 3.8) is 0 Å². The van der Waals surface area contributed by atoms with Gasteiger partial charge >= 0.3 is 0 Å². The Bertz CT molecular complexity index is 201. The highest BCUT2D eigenvalue weighted by molar-refractivity contribution is 6.37. The quantitative estimate of drug-likeness (QED) is 0.436. The van der Waals surface area contributed by atoms with Crippen molar-refractivity contribution in [2.75, 3.05) is 0 Å². The van der Waals surface area contributed by atoms with Crippen LogP contribution in [0.2, 0.25) is 0 Å². The van der Waals surface area contributed by atoms with Crippen LogP contribution in [0.15, 0.2) is 16.9 Å². The number of aliphatic imine (C=N–C) groups is 1. The van der Waals surface area contributed by atoms with Gasteiger partial charge in [-0.05, 0) is 6.92 Å². The molecule has 0 saturated carbocycles. The summed E-state index contributed by atoms with van der Waals surface area (Å²) in [6, 6.07) is 0. The molecule has 1 aliphatic rings. The average molecular weight is 119 g/mol. The second kappa shape index (κ2) is 2.47. The second-order valence-corrected chi connectivity index (χ2v) is 1.82. The molecule has 0 saturated heterocycles. The molecular formula is C5H6BN3. The van der Waals surface area contributed by atoms with E-state index in [0.29, 0.717) is 0 Å². The number of nitrogens with zero attached hydrogens (tertiary/aromatic N) is 2. The molecule has 0 aromatic rings. The average Bonchev–Trinajstić information content (AvgIpc) is 2.17. The van der Waals surface area contributed by atoms with E-state index >= 15 is 0 Å². The van der Waals surface area contributed by atoms with Gasteiger partial charge in [0.2, 0.25) is 0 Å². The van der Waals surface area contributed by atoms with E-state index in [2.05, 4.69) is 4.99 Å². The lowest BCUT2D eigenvalue weighted by Crippen LogP contribution is -3.07. The largest absolute Gasteiger partial charge is 0.485 e. The lowest BCUT2D eigenvalue weighted by molar-refractivity contribution is -0.595. The Labute approximate surface area is 54.6 Å². The molecule has 4 heteroatoms. The van der Waals surface area contributed by atoms with Crippen LogP contribution in [0.5, 0.6) is 0 Å². The van der Waals surface area contributed by atoms with E-state index in [4.69, 9.17) is 5.26 Å². The standard InChI is InChI=1S/C5H6BN3/c1-5-2-9(4-8-5)6-3-7/h2,4,9H,1H3. The van der Waals surface area contributed by atoms with E-state index < -0.39 is 0 Å². The van der Waals surface area contributed by atoms with Crippen LogP contribution >= 0.6 is 0 Å². The zero-order valence-electron chi connectivity index (χ0n) is 5.13. The zero-order chi connectivity index (χ0) is 6.69. The van der Waals surface area contributed by atoms with Gasteiger partial charge in [0, 0.05) is 0 Å². The summed E-state index contributed by atoms with van der Waals surface area (Å²) in [5.41, 5.74) is 0.955. The Morgan fingerprint density at radius 2 is 2.67 bits per heavy atom. The monoisotopic (exact) mass is 119 g/mol. The minimum Gasteiger partial charge on any atom is -0.485 e. The minimum absolute atomic E-state index is 0.884. The fourth-order valence-electron chi connectivity index (χ4n) is 0.646. The van der Waals surface area contributed by atoms with Crippen molar-refractivity contribution < 1.29 is 4.81 Å². The van der Waals surface area contributed by atoms with Crippen LogP contribution in [-0.4, -0.2) is 13.8 Å². The smallest absolute Gasteiger partial charge is 0.144 e. The van der Waals surface area contributed by atoms with Crippen LogP contribution in [0.25, 0.3) is 0 Å². The summed E-state index contributed by atoms with van der Waals surface area (Å²) in [6.45, 7) is 1.90. The number of allylic oxidation sites excluding steroid dienone is 1. The Morgan fingerprint density at radius 1 is 1.89 bits per heavy atom. The van der Waals surface area contributed by atoms with Gasteiger partial charge in [-0.1, -0.05) is 0 Å². The van der Waals surface area contributed by atoms with E-state index in [-0.39, 0.29) is 0 Å². The van der Waals surface area contributed by atoms with Crippen molar-refractivity contribution in [1.82, 2.24) is 0 Å². The highest BCUT2D eigenvalue weighted by Crippen LogP contribution is 1.89. The van der Waals surface area contributed by atoms with Gasteiger partial charge in [0.1, 0.15) is 13.8 Å². The number of nitriles is 1. The van der Waals surface area contributed by atoms with Gasteiger partial charge in [-0.25, -0.2) is 10.3 Å². The van der Waals surface area contributed by atoms with Crippen molar-refractivity contribution in [2.45, 2.75) is 6.92 Å². The molecule has 0 fully saturated rings. The molecule has 0 aromatic heterocycles. The van der Waals surface area contributed by atoms with Crippen molar-refractivity contribution in [3.8, 4) is 5.97 Å². The summed E-state index contributed by atoms with van der Waals surface area (Å²) in [5.74, 6) is 1.93. The van der Waals surface area contributed by atoms with E-state index in [0.717, 1.165) is 10.5 Å². The van der Waals surface area contributed by atoms with E-state index in [1.54, 1.807) is 6.34 Å². The molecule has 0 aliphatic carbocycles. The predicted octanol–water partition coefficient (Wildman–Crippen LogP) is -1.13. The van der Waals surface area contributed by atoms with Crippen LogP contribution in [0, 0.1) is 11.2 Å². The van der Waals surface area contributed by atoms with Crippen LogP contribution in [0.3, 0.4) is 0 Å². The van der Waals surface area contributed by atoms with E-state index in [9.17, 15) is 0 Å². The van der Waals surface area contributed by atoms with Crippen LogP contribution in [0.1, 0.15) is 6.92 Å². The molecule has 0 bridgehead atoms. The summed E-state index contributed by atoms with van der Waals surface area (Å²) in [4.78, 5) is 4.84. The maximum Gasteiger partial charge on any atom is 0.144 e. The fraction of sp³-hybridized carbons (Fsp3) is 0.200. The Morgan fingerprint density at radius 3 is 3.11 bits per heavy atom. The molecule has 1 atom stereocenters. The fourth-order valence-corrected chi connectivity index (χ4v) is 0.646. The van der Waals surface area contributed by atoms with Gasteiger partial charge in [-0.3, -0.25) is 0 Å². The van der Waals surface area contributed by atoms with Crippen LogP contribution in [0.4, 0.5) is 0 Å². The second-order valence-electron chi connectivity index (χ2n) is 1.82. The molecule has 1 aliphatic heterocycles. The third kappa shape index (κ3) is 1.41. The van der Waals surface area contributed by atoms with Crippen molar-refractivity contribution in [2.24, 2.45) is 4.99 Å². The topological polar surface area (TPSA) is 40.6 Å². The molecule has 1 heterocycles. The normalized spacial score (nSPS) is 23.6. The number of hydrogen-bond acceptors (Lipinski definition) is 2. The van der Waals surface area contributed by atoms with E-state index in [1.807, 2.05) is 19.1 Å². The zero-order valence-corrected chi connectivity index (χ0v) is 5.13. The van der Waals surface area contributed by atoms with Crippen molar-refractivity contribution in [3.05, 3.63) is 11.9 Å². The molecule has 44 valence electrons. The highest BCUT2D eigenvalue weighted by Gasteiger charge is 1.98. The molecule has 1 unspecified atom stereocenters. The lowest BCUT2D eigenvalue weighted by Gasteiger charge is -2.08. The Hall–Kier alpha value is -1.08. The van der Waals surface area contributed by atoms with Gasteiger partial charge in [0.15, 0.2) is 0 Å². The molecule has 1 N–H and O–H groups in total. The number of quaternary nitrogens is 1. The molecule has 1 rings (SSSR count). The van der Waals surface area contributed by atoms with Gasteiger partial charge < -0.3 is 4.81 Å². The third-order valence-corrected chi connectivity index (χ3v) is 1.02. The van der Waals surface area contributed by atoms with Crippen LogP contribution in [-0.2, 0) is 0 Å². The summed E-state index contributed by atoms with van der Waals surface area (Å²) in [6.07, 6.45) is 3.54. The molecule has 3 nitrogen and oxygen atoms in total. The summed E-state index contributed by atoms with van der Waals surface area (Å²) >= 11 is 0. The first-order valence-corrected chi connectivity index (χ1v) is 2.65. The Balaban J connectivity index is 2.52. The molecular weight excluding hydrogens is 113 g/mol. The number of hydrogen-bond donors (Lipinski definition) is 1. The van der Waals surface area contributed by atoms with E-state index in [1.165, 1.54) is 7.41 Å². The lowest BCUT2D eigenvalue weighted by atomic mass is 9.97. The minimum atomic E-state index is 0.884. The molecule has 9 heavy (non-hydrogen) atoms.